The van der Waals surface area contributed by atoms with Gasteiger partial charge in [0.25, 0.3) is 0 Å². The number of aliphatic hydroxyl groups is 6. The molecule has 10 nitrogen and oxygen atoms in total. The van der Waals surface area contributed by atoms with Crippen LogP contribution in [0.4, 0.5) is 0 Å². The van der Waals surface area contributed by atoms with Gasteiger partial charge < -0.3 is 40.2 Å². The predicted octanol–water partition coefficient (Wildman–Crippen LogP) is -3.57. The van der Waals surface area contributed by atoms with E-state index in [1.165, 1.54) is 13.8 Å². The lowest BCUT2D eigenvalue weighted by Gasteiger charge is -2.38. The topological polar surface area (TPSA) is 166 Å². The standard InChI is InChI=1S/C12H22O10/c1-4(14)7(15)9(17)6(3-13)21-22-12-11(19)10(18)8(16)5(2)20-12/h3-12,14-19H,1-2H3/t4-,5+,6-,7-,8+,9-,10-,11-,12+/m1/s1. The lowest BCUT2D eigenvalue weighted by molar-refractivity contribution is -0.438. The van der Waals surface area contributed by atoms with Crippen LogP contribution in [0.3, 0.4) is 0 Å². The van der Waals surface area contributed by atoms with Gasteiger partial charge in [-0.15, -0.1) is 0 Å². The fourth-order valence-electron chi connectivity index (χ4n) is 1.85. The Labute approximate surface area is 126 Å². The Hall–Kier alpha value is -0.690. The molecule has 0 bridgehead atoms. The molecule has 1 aliphatic heterocycles. The van der Waals surface area contributed by atoms with Gasteiger partial charge in [0.05, 0.1) is 12.2 Å². The second kappa shape index (κ2) is 8.24. The monoisotopic (exact) mass is 326 g/mol. The first-order valence-electron chi connectivity index (χ1n) is 6.72. The molecule has 1 fully saturated rings. The third-order valence-electron chi connectivity index (χ3n) is 3.38. The smallest absolute Gasteiger partial charge is 0.220 e. The van der Waals surface area contributed by atoms with Crippen molar-refractivity contribution >= 4 is 6.29 Å². The number of aliphatic hydroxyl groups excluding tert-OH is 6. The number of ether oxygens (including phenoxy) is 1. The van der Waals surface area contributed by atoms with E-state index in [0.717, 1.165) is 0 Å². The van der Waals surface area contributed by atoms with E-state index in [4.69, 9.17) is 9.84 Å². The molecule has 0 amide bonds. The van der Waals surface area contributed by atoms with Gasteiger partial charge in [-0.3, -0.25) is 0 Å². The molecule has 0 aliphatic carbocycles. The van der Waals surface area contributed by atoms with Crippen molar-refractivity contribution in [3.63, 3.8) is 0 Å². The molecule has 9 atom stereocenters. The molecule has 1 rings (SSSR count). The maximum atomic E-state index is 10.9. The van der Waals surface area contributed by atoms with Crippen molar-refractivity contribution in [2.24, 2.45) is 0 Å². The first kappa shape index (κ1) is 19.4. The van der Waals surface area contributed by atoms with Crippen LogP contribution in [0.2, 0.25) is 0 Å². The van der Waals surface area contributed by atoms with Crippen molar-refractivity contribution in [1.82, 2.24) is 0 Å². The molecule has 10 heteroatoms. The quantitative estimate of drug-likeness (QED) is 0.156. The average Bonchev–Trinajstić information content (AvgIpc) is 2.49. The molecule has 1 saturated heterocycles. The SMILES string of the molecule is C[C@@H]1O[C@@H](OO[C@H](C=O)[C@@H](O)[C@H](O)[C@@H](C)O)[C@H](O)[C@H](O)[C@H]1O. The summed E-state index contributed by atoms with van der Waals surface area (Å²) in [5.41, 5.74) is 0. The van der Waals surface area contributed by atoms with Crippen molar-refractivity contribution in [3.05, 3.63) is 0 Å². The Morgan fingerprint density at radius 1 is 1.05 bits per heavy atom. The molecule has 22 heavy (non-hydrogen) atoms. The van der Waals surface area contributed by atoms with Crippen LogP contribution in [0.25, 0.3) is 0 Å². The Morgan fingerprint density at radius 3 is 2.14 bits per heavy atom. The summed E-state index contributed by atoms with van der Waals surface area (Å²) in [5.74, 6) is 0. The van der Waals surface area contributed by atoms with Crippen LogP contribution in [0.5, 0.6) is 0 Å². The summed E-state index contributed by atoms with van der Waals surface area (Å²) in [6.45, 7) is 2.61. The number of carbonyl (C=O) groups excluding carboxylic acids is 1. The minimum atomic E-state index is -1.79. The zero-order valence-electron chi connectivity index (χ0n) is 12.1. The minimum absolute atomic E-state index is 0.125. The molecule has 0 aromatic carbocycles. The van der Waals surface area contributed by atoms with Gasteiger partial charge in [0.2, 0.25) is 6.29 Å². The van der Waals surface area contributed by atoms with E-state index >= 15 is 0 Å². The van der Waals surface area contributed by atoms with Gasteiger partial charge in [-0.05, 0) is 13.8 Å². The highest BCUT2D eigenvalue weighted by Gasteiger charge is 2.44. The summed E-state index contributed by atoms with van der Waals surface area (Å²) in [4.78, 5) is 20.1. The van der Waals surface area contributed by atoms with Crippen LogP contribution in [-0.4, -0.2) is 92.0 Å². The fraction of sp³-hybridized carbons (Fsp3) is 0.917. The highest BCUT2D eigenvalue weighted by molar-refractivity contribution is 5.57. The molecule has 6 N–H and O–H groups in total. The van der Waals surface area contributed by atoms with Gasteiger partial charge in [0, 0.05) is 0 Å². The molecule has 0 aromatic heterocycles. The minimum Gasteiger partial charge on any atom is -0.391 e. The van der Waals surface area contributed by atoms with Crippen LogP contribution < -0.4 is 0 Å². The molecule has 0 aromatic rings. The summed E-state index contributed by atoms with van der Waals surface area (Å²) in [6.07, 6.45) is -13.3. The molecule has 0 saturated carbocycles. The zero-order chi connectivity index (χ0) is 17.0. The van der Waals surface area contributed by atoms with Gasteiger partial charge in [-0.25, -0.2) is 9.78 Å². The van der Waals surface area contributed by atoms with Crippen molar-refractivity contribution in [3.8, 4) is 0 Å². The van der Waals surface area contributed by atoms with Crippen molar-refractivity contribution in [1.29, 1.82) is 0 Å². The summed E-state index contributed by atoms with van der Waals surface area (Å²) in [5, 5.41) is 57.0. The molecule has 1 aliphatic rings. The predicted molar refractivity (Wildman–Crippen MR) is 68.1 cm³/mol. The lowest BCUT2D eigenvalue weighted by Crippen LogP contribution is -2.57. The Balaban J connectivity index is 2.61. The largest absolute Gasteiger partial charge is 0.391 e. The molecule has 0 radical (unpaired) electrons. The maximum Gasteiger partial charge on any atom is 0.220 e. The third kappa shape index (κ3) is 4.41. The van der Waals surface area contributed by atoms with E-state index in [0.29, 0.717) is 0 Å². The second-order valence-electron chi connectivity index (χ2n) is 5.20. The highest BCUT2D eigenvalue weighted by atomic mass is 17.2. The molecule has 0 unspecified atom stereocenters. The van der Waals surface area contributed by atoms with E-state index in [2.05, 4.69) is 9.78 Å². The molecular formula is C12H22O10. The van der Waals surface area contributed by atoms with Crippen molar-refractivity contribution < 1.29 is 49.9 Å². The summed E-state index contributed by atoms with van der Waals surface area (Å²) in [7, 11) is 0. The number of hydrogen-bond donors (Lipinski definition) is 6. The first-order valence-corrected chi connectivity index (χ1v) is 6.72. The zero-order valence-corrected chi connectivity index (χ0v) is 12.1. The van der Waals surface area contributed by atoms with E-state index in [-0.39, 0.29) is 6.29 Å². The van der Waals surface area contributed by atoms with Gasteiger partial charge in [-0.1, -0.05) is 0 Å². The normalized spacial score (nSPS) is 38.1. The molecule has 1 heterocycles. The lowest BCUT2D eigenvalue weighted by atomic mass is 10.0. The summed E-state index contributed by atoms with van der Waals surface area (Å²) >= 11 is 0. The number of rotatable bonds is 7. The van der Waals surface area contributed by atoms with Gasteiger partial charge in [0.15, 0.2) is 12.4 Å². The van der Waals surface area contributed by atoms with Crippen LogP contribution >= 0.6 is 0 Å². The summed E-state index contributed by atoms with van der Waals surface area (Å²) < 4.78 is 5.05. The van der Waals surface area contributed by atoms with Crippen molar-refractivity contribution in [2.45, 2.75) is 69.0 Å². The van der Waals surface area contributed by atoms with Crippen LogP contribution in [0.15, 0.2) is 0 Å². The van der Waals surface area contributed by atoms with E-state index in [1.807, 2.05) is 0 Å². The van der Waals surface area contributed by atoms with Crippen molar-refractivity contribution in [2.75, 3.05) is 0 Å². The Bertz CT molecular complexity index is 351. The van der Waals surface area contributed by atoms with Gasteiger partial charge in [-0.2, -0.15) is 0 Å². The van der Waals surface area contributed by atoms with Crippen LogP contribution in [-0.2, 0) is 19.3 Å². The number of carbonyl (C=O) groups is 1. The van der Waals surface area contributed by atoms with E-state index < -0.39 is 55.1 Å². The number of hydrogen-bond acceptors (Lipinski definition) is 10. The van der Waals surface area contributed by atoms with Gasteiger partial charge >= 0.3 is 0 Å². The van der Waals surface area contributed by atoms with E-state index in [1.54, 1.807) is 0 Å². The Kier molecular flexibility index (Phi) is 7.25. The maximum absolute atomic E-state index is 10.9. The van der Waals surface area contributed by atoms with Crippen LogP contribution in [0, 0.1) is 0 Å². The first-order chi connectivity index (χ1) is 10.2. The van der Waals surface area contributed by atoms with Gasteiger partial charge in [0.1, 0.15) is 30.5 Å². The third-order valence-corrected chi connectivity index (χ3v) is 3.38. The molecular weight excluding hydrogens is 304 g/mol. The Morgan fingerprint density at radius 2 is 1.64 bits per heavy atom. The number of aldehydes is 1. The second-order valence-corrected chi connectivity index (χ2v) is 5.20. The van der Waals surface area contributed by atoms with Crippen LogP contribution in [0.1, 0.15) is 13.8 Å². The van der Waals surface area contributed by atoms with E-state index in [9.17, 15) is 30.3 Å². The molecule has 0 spiro atoms. The molecule has 130 valence electrons. The highest BCUT2D eigenvalue weighted by Crippen LogP contribution is 2.22. The average molecular weight is 326 g/mol. The summed E-state index contributed by atoms with van der Waals surface area (Å²) in [6, 6.07) is 0. The fourth-order valence-corrected chi connectivity index (χ4v) is 1.85.